The molecule has 0 atom stereocenters. The van der Waals surface area contributed by atoms with Crippen molar-refractivity contribution in [1.82, 2.24) is 14.5 Å². The molecule has 0 fully saturated rings. The van der Waals surface area contributed by atoms with Gasteiger partial charge in [0.1, 0.15) is 5.82 Å². The van der Waals surface area contributed by atoms with Crippen LogP contribution in [0.15, 0.2) is 218 Å². The summed E-state index contributed by atoms with van der Waals surface area (Å²) in [4.78, 5) is 13.0. The number of hydrogen-bond donors (Lipinski definition) is 0. The Morgan fingerprint density at radius 3 is 1.49 bits per heavy atom. The minimum absolute atomic E-state index is 0.566. The summed E-state index contributed by atoms with van der Waals surface area (Å²) in [7, 11) is 0. The van der Waals surface area contributed by atoms with Crippen molar-refractivity contribution < 1.29 is 0 Å². The molecule has 0 saturated heterocycles. The molecule has 0 saturated carbocycles. The van der Waals surface area contributed by atoms with Gasteiger partial charge in [-0.1, -0.05) is 170 Å². The fourth-order valence-corrected chi connectivity index (χ4v) is 9.86. The van der Waals surface area contributed by atoms with Gasteiger partial charge in [0.25, 0.3) is 0 Å². The highest BCUT2D eigenvalue weighted by Gasteiger charge is 2.54. The summed E-state index contributed by atoms with van der Waals surface area (Å²) in [6, 6.07) is 78.3. The molecular weight excluding hydrogens is 717 g/mol. The van der Waals surface area contributed by atoms with Gasteiger partial charge in [-0.15, -0.1) is 0 Å². The van der Waals surface area contributed by atoms with Crippen molar-refractivity contribution in [2.24, 2.45) is 0 Å². The Morgan fingerprint density at radius 1 is 0.407 bits per heavy atom. The minimum atomic E-state index is -0.566. The number of anilines is 3. The van der Waals surface area contributed by atoms with E-state index in [0.29, 0.717) is 5.82 Å². The van der Waals surface area contributed by atoms with E-state index in [1.54, 1.807) is 0 Å². The van der Waals surface area contributed by atoms with Gasteiger partial charge in [-0.05, 0) is 70.3 Å². The third-order valence-corrected chi connectivity index (χ3v) is 12.2. The highest BCUT2D eigenvalue weighted by atomic mass is 15.1. The number of hydrogen-bond acceptors (Lipinski definition) is 3. The van der Waals surface area contributed by atoms with Crippen LogP contribution in [0.3, 0.4) is 0 Å². The molecule has 2 aliphatic rings. The molecule has 59 heavy (non-hydrogen) atoms. The molecule has 0 unspecified atom stereocenters. The van der Waals surface area contributed by atoms with Gasteiger partial charge in [-0.25, -0.2) is 9.97 Å². The third-order valence-electron chi connectivity index (χ3n) is 12.2. The average molecular weight is 753 g/mol. The Hall–Kier alpha value is -7.82. The van der Waals surface area contributed by atoms with E-state index in [4.69, 9.17) is 9.97 Å². The molecule has 276 valence electrons. The molecule has 10 aromatic rings. The minimum Gasteiger partial charge on any atom is -0.310 e. The Balaban J connectivity index is 1.24. The van der Waals surface area contributed by atoms with E-state index in [1.807, 2.05) is 6.07 Å². The molecule has 2 aliphatic carbocycles. The zero-order valence-electron chi connectivity index (χ0n) is 32.1. The monoisotopic (exact) mass is 752 g/mol. The highest BCUT2D eigenvalue weighted by molar-refractivity contribution is 6.06. The summed E-state index contributed by atoms with van der Waals surface area (Å²) in [5.74, 6) is 1.51. The third kappa shape index (κ3) is 4.90. The zero-order valence-corrected chi connectivity index (χ0v) is 32.1. The van der Waals surface area contributed by atoms with E-state index in [0.717, 1.165) is 50.9 Å². The van der Waals surface area contributed by atoms with Crippen molar-refractivity contribution in [3.63, 3.8) is 0 Å². The Labute approximate surface area is 343 Å². The first-order chi connectivity index (χ1) is 29.3. The molecule has 0 bridgehead atoms. The van der Waals surface area contributed by atoms with Crippen LogP contribution >= 0.6 is 0 Å². The molecule has 2 aromatic heterocycles. The quantitative estimate of drug-likeness (QED) is 0.170. The van der Waals surface area contributed by atoms with Gasteiger partial charge in [0.05, 0.1) is 22.3 Å². The van der Waals surface area contributed by atoms with Gasteiger partial charge >= 0.3 is 0 Å². The highest BCUT2D eigenvalue weighted by Crippen LogP contribution is 2.65. The fourth-order valence-electron chi connectivity index (χ4n) is 9.86. The van der Waals surface area contributed by atoms with Gasteiger partial charge in [-0.3, -0.25) is 4.57 Å². The number of fused-ring (bicyclic) bond motifs is 12. The summed E-state index contributed by atoms with van der Waals surface area (Å²) in [6.07, 6.45) is 0. The maximum atomic E-state index is 5.47. The van der Waals surface area contributed by atoms with Crippen LogP contribution in [0.4, 0.5) is 17.1 Å². The fraction of sp³-hybridized carbons (Fsp3) is 0.0182. The van der Waals surface area contributed by atoms with Gasteiger partial charge in [0.15, 0.2) is 5.82 Å². The molecule has 12 rings (SSSR count). The van der Waals surface area contributed by atoms with E-state index in [1.165, 1.54) is 44.3 Å². The van der Waals surface area contributed by atoms with Crippen molar-refractivity contribution in [2.75, 3.05) is 4.90 Å². The van der Waals surface area contributed by atoms with Crippen molar-refractivity contribution in [2.45, 2.75) is 5.41 Å². The topological polar surface area (TPSA) is 34.0 Å². The largest absolute Gasteiger partial charge is 0.310 e. The molecule has 4 heteroatoms. The van der Waals surface area contributed by atoms with E-state index in [-0.39, 0.29) is 0 Å². The van der Waals surface area contributed by atoms with Crippen LogP contribution in [0.1, 0.15) is 22.3 Å². The summed E-state index contributed by atoms with van der Waals surface area (Å²) in [6.45, 7) is 0. The van der Waals surface area contributed by atoms with Crippen LogP contribution in [0, 0.1) is 0 Å². The van der Waals surface area contributed by atoms with E-state index < -0.39 is 5.41 Å². The number of benzene rings is 8. The van der Waals surface area contributed by atoms with Crippen LogP contribution in [0.5, 0.6) is 0 Å². The maximum absolute atomic E-state index is 5.47. The van der Waals surface area contributed by atoms with Gasteiger partial charge < -0.3 is 4.90 Å². The smallest absolute Gasteiger partial charge is 0.162 e. The van der Waals surface area contributed by atoms with Gasteiger partial charge in [0.2, 0.25) is 0 Å². The van der Waals surface area contributed by atoms with E-state index in [9.17, 15) is 0 Å². The molecular formula is C55H36N4. The first-order valence-corrected chi connectivity index (χ1v) is 20.2. The lowest BCUT2D eigenvalue weighted by Gasteiger charge is -2.30. The van der Waals surface area contributed by atoms with Crippen molar-refractivity contribution in [1.29, 1.82) is 0 Å². The predicted molar refractivity (Wildman–Crippen MR) is 241 cm³/mol. The van der Waals surface area contributed by atoms with Crippen LogP contribution in [0.2, 0.25) is 0 Å². The molecule has 0 aliphatic heterocycles. The SMILES string of the molecule is c1ccc(-c2cc(-n3c4c(c5cc(N(c6ccccc6)c6ccccc6)ccc53)C3(c5ccccc5-c5ccccc53)c3ccccc3-4)nc(-c3ccccc3)n2)cc1. The lowest BCUT2D eigenvalue weighted by molar-refractivity contribution is 0.801. The Morgan fingerprint density at radius 2 is 0.898 bits per heavy atom. The number of nitrogens with zero attached hydrogens (tertiary/aromatic N) is 4. The lowest BCUT2D eigenvalue weighted by atomic mass is 9.70. The molecule has 1 spiro atoms. The van der Waals surface area contributed by atoms with E-state index in [2.05, 4.69) is 222 Å². The summed E-state index contributed by atoms with van der Waals surface area (Å²) < 4.78 is 2.42. The van der Waals surface area contributed by atoms with Gasteiger partial charge in [0, 0.05) is 50.8 Å². The number of para-hydroxylation sites is 2. The molecule has 0 amide bonds. The van der Waals surface area contributed by atoms with Crippen LogP contribution in [-0.2, 0) is 5.41 Å². The summed E-state index contributed by atoms with van der Waals surface area (Å²) >= 11 is 0. The molecule has 0 radical (unpaired) electrons. The maximum Gasteiger partial charge on any atom is 0.162 e. The van der Waals surface area contributed by atoms with Crippen LogP contribution in [-0.4, -0.2) is 14.5 Å². The van der Waals surface area contributed by atoms with Gasteiger partial charge in [-0.2, -0.15) is 0 Å². The second-order valence-electron chi connectivity index (χ2n) is 15.3. The lowest BCUT2D eigenvalue weighted by Crippen LogP contribution is -2.25. The molecule has 8 aromatic carbocycles. The zero-order chi connectivity index (χ0) is 38.9. The van der Waals surface area contributed by atoms with Crippen LogP contribution in [0.25, 0.3) is 61.8 Å². The van der Waals surface area contributed by atoms with E-state index >= 15 is 0 Å². The van der Waals surface area contributed by atoms with Crippen molar-refractivity contribution in [3.8, 4) is 50.8 Å². The summed E-state index contributed by atoms with van der Waals surface area (Å²) in [5.41, 5.74) is 16.8. The second-order valence-corrected chi connectivity index (χ2v) is 15.3. The number of rotatable bonds is 6. The normalized spacial score (nSPS) is 12.9. The molecule has 4 nitrogen and oxygen atoms in total. The Kier molecular flexibility index (Phi) is 7.41. The summed E-state index contributed by atoms with van der Waals surface area (Å²) in [5, 5.41) is 1.18. The molecule has 0 N–H and O–H groups in total. The first-order valence-electron chi connectivity index (χ1n) is 20.2. The first kappa shape index (κ1) is 33.3. The standard InChI is InChI=1S/C55H36N4/c1-5-19-37(20-6-1)49-36-51(57-54(56-49)38-21-7-2-8-22-38)59-50-34-33-41(58(39-23-9-3-10-24-39)40-25-11-4-12-26-40)35-45(50)52-53(59)44-29-15-18-32-48(44)55(52)46-30-16-13-27-42(46)43-28-14-17-31-47(43)55/h1-36H. The number of aromatic nitrogens is 3. The second kappa shape index (κ2) is 13.1. The van der Waals surface area contributed by atoms with Crippen LogP contribution < -0.4 is 4.90 Å². The Bertz CT molecular complexity index is 3070. The predicted octanol–water partition coefficient (Wildman–Crippen LogP) is 13.6. The van der Waals surface area contributed by atoms with Crippen molar-refractivity contribution >= 4 is 28.0 Å². The van der Waals surface area contributed by atoms with Crippen molar-refractivity contribution in [3.05, 3.63) is 241 Å². The average Bonchev–Trinajstić information content (AvgIpc) is 3.92. The molecule has 2 heterocycles.